The molecule has 5 heterocycles. The normalized spacial score (nSPS) is 11.3. The highest BCUT2D eigenvalue weighted by Gasteiger charge is 2.15. The lowest BCUT2D eigenvalue weighted by Gasteiger charge is -2.08. The Bertz CT molecular complexity index is 1930. The Hall–Kier alpha value is -5.37. The van der Waals surface area contributed by atoms with Crippen LogP contribution in [-0.2, 0) is 6.61 Å². The first-order valence-electron chi connectivity index (χ1n) is 12.4. The molecule has 7 nitrogen and oxygen atoms in total. The van der Waals surface area contributed by atoms with E-state index in [0.29, 0.717) is 12.4 Å². The summed E-state index contributed by atoms with van der Waals surface area (Å²) in [4.78, 5) is 16.8. The molecule has 7 rings (SSSR count). The lowest BCUT2D eigenvalue weighted by atomic mass is 10.0. The Morgan fingerprint density at radius 1 is 0.744 bits per heavy atom. The van der Waals surface area contributed by atoms with Crippen molar-refractivity contribution in [3.05, 3.63) is 115 Å². The summed E-state index contributed by atoms with van der Waals surface area (Å²) >= 11 is 0. The lowest BCUT2D eigenvalue weighted by Crippen LogP contribution is -1.96. The molecule has 0 aliphatic rings. The minimum Gasteiger partial charge on any atom is -0.487 e. The summed E-state index contributed by atoms with van der Waals surface area (Å²) in [5.74, 6) is 0.395. The zero-order valence-corrected chi connectivity index (χ0v) is 20.6. The number of aromatic amines is 2. The molecule has 0 saturated heterocycles. The molecule has 0 spiro atoms. The molecule has 0 bridgehead atoms. The van der Waals surface area contributed by atoms with Crippen LogP contribution in [0, 0.1) is 5.82 Å². The van der Waals surface area contributed by atoms with Crippen molar-refractivity contribution in [2.75, 3.05) is 0 Å². The predicted molar refractivity (Wildman–Crippen MR) is 148 cm³/mol. The quantitative estimate of drug-likeness (QED) is 0.252. The van der Waals surface area contributed by atoms with E-state index in [2.05, 4.69) is 30.1 Å². The molecule has 188 valence electrons. The topological polar surface area (TPSA) is 92.4 Å². The van der Waals surface area contributed by atoms with Gasteiger partial charge in [-0.2, -0.15) is 5.10 Å². The second-order valence-electron chi connectivity index (χ2n) is 9.21. The number of halogens is 1. The maximum Gasteiger partial charge on any atom is 0.138 e. The van der Waals surface area contributed by atoms with Crippen LogP contribution in [0.3, 0.4) is 0 Å². The number of nitrogens with zero attached hydrogens (tertiary/aromatic N) is 4. The SMILES string of the molecule is Fc1ccc(-c2cncc3[nH]c(-c4n[nH]c5cnc(-c6cncc(OCc7ccccc7)c6)cc45)cc23)cc1. The van der Waals surface area contributed by atoms with Crippen LogP contribution in [0.1, 0.15) is 5.56 Å². The van der Waals surface area contributed by atoms with Crippen LogP contribution in [0.2, 0.25) is 0 Å². The maximum absolute atomic E-state index is 13.5. The van der Waals surface area contributed by atoms with Gasteiger partial charge >= 0.3 is 0 Å². The van der Waals surface area contributed by atoms with E-state index in [9.17, 15) is 4.39 Å². The van der Waals surface area contributed by atoms with Gasteiger partial charge in [0.25, 0.3) is 0 Å². The van der Waals surface area contributed by atoms with Gasteiger partial charge in [-0.3, -0.25) is 20.1 Å². The number of benzene rings is 2. The van der Waals surface area contributed by atoms with E-state index in [1.807, 2.05) is 48.5 Å². The average molecular weight is 513 g/mol. The van der Waals surface area contributed by atoms with Crippen LogP contribution in [0.5, 0.6) is 5.75 Å². The highest BCUT2D eigenvalue weighted by Crippen LogP contribution is 2.34. The highest BCUT2D eigenvalue weighted by atomic mass is 19.1. The number of rotatable bonds is 6. The van der Waals surface area contributed by atoms with Crippen molar-refractivity contribution in [2.24, 2.45) is 0 Å². The zero-order valence-electron chi connectivity index (χ0n) is 20.6. The molecule has 2 aromatic carbocycles. The summed E-state index contributed by atoms with van der Waals surface area (Å²) in [6, 6.07) is 22.4. The van der Waals surface area contributed by atoms with Crippen LogP contribution in [0.15, 0.2) is 104 Å². The van der Waals surface area contributed by atoms with E-state index < -0.39 is 0 Å². The van der Waals surface area contributed by atoms with Crippen LogP contribution < -0.4 is 4.74 Å². The van der Waals surface area contributed by atoms with E-state index in [1.165, 1.54) is 12.1 Å². The average Bonchev–Trinajstić information content (AvgIpc) is 3.61. The van der Waals surface area contributed by atoms with Gasteiger partial charge in [0.05, 0.1) is 41.0 Å². The van der Waals surface area contributed by atoms with Crippen molar-refractivity contribution in [1.82, 2.24) is 30.1 Å². The highest BCUT2D eigenvalue weighted by molar-refractivity contribution is 6.01. The van der Waals surface area contributed by atoms with Crippen molar-refractivity contribution in [3.63, 3.8) is 0 Å². The predicted octanol–water partition coefficient (Wildman–Crippen LogP) is 6.95. The van der Waals surface area contributed by atoms with E-state index in [1.54, 1.807) is 43.1 Å². The van der Waals surface area contributed by atoms with Gasteiger partial charge in [-0.25, -0.2) is 4.39 Å². The summed E-state index contributed by atoms with van der Waals surface area (Å²) in [5.41, 5.74) is 7.76. The Morgan fingerprint density at radius 3 is 2.46 bits per heavy atom. The van der Waals surface area contributed by atoms with E-state index in [4.69, 9.17) is 4.74 Å². The maximum atomic E-state index is 13.5. The molecule has 0 fully saturated rings. The van der Waals surface area contributed by atoms with Crippen molar-refractivity contribution in [3.8, 4) is 39.5 Å². The fourth-order valence-corrected chi connectivity index (χ4v) is 4.70. The zero-order chi connectivity index (χ0) is 26.2. The molecule has 7 aromatic rings. The Balaban J connectivity index is 1.24. The van der Waals surface area contributed by atoms with Crippen molar-refractivity contribution in [2.45, 2.75) is 6.61 Å². The fraction of sp³-hybridized carbons (Fsp3) is 0.0323. The van der Waals surface area contributed by atoms with E-state index in [-0.39, 0.29) is 5.82 Å². The first-order valence-corrected chi connectivity index (χ1v) is 12.4. The number of hydrogen-bond donors (Lipinski definition) is 2. The van der Waals surface area contributed by atoms with Crippen molar-refractivity contribution >= 4 is 21.8 Å². The third kappa shape index (κ3) is 4.38. The molecule has 0 radical (unpaired) electrons. The lowest BCUT2D eigenvalue weighted by molar-refractivity contribution is 0.305. The Labute approximate surface area is 222 Å². The van der Waals surface area contributed by atoms with Crippen LogP contribution in [0.4, 0.5) is 4.39 Å². The molecule has 0 unspecified atom stereocenters. The third-order valence-electron chi connectivity index (χ3n) is 6.66. The number of H-pyrrole nitrogens is 2. The summed E-state index contributed by atoms with van der Waals surface area (Å²) < 4.78 is 19.5. The van der Waals surface area contributed by atoms with Gasteiger partial charge in [-0.1, -0.05) is 42.5 Å². The molecule has 0 aliphatic carbocycles. The molecule has 39 heavy (non-hydrogen) atoms. The molecule has 5 aromatic heterocycles. The number of hydrogen-bond acceptors (Lipinski definition) is 5. The molecule has 2 N–H and O–H groups in total. The first-order chi connectivity index (χ1) is 19.2. The van der Waals surface area contributed by atoms with Gasteiger partial charge in [0, 0.05) is 34.3 Å². The van der Waals surface area contributed by atoms with Gasteiger partial charge in [-0.05, 0) is 41.5 Å². The summed E-state index contributed by atoms with van der Waals surface area (Å²) in [5, 5.41) is 9.56. The number of ether oxygens (including phenoxy) is 1. The molecular formula is C31H21FN6O. The van der Waals surface area contributed by atoms with E-state index in [0.717, 1.165) is 61.1 Å². The van der Waals surface area contributed by atoms with Crippen molar-refractivity contribution in [1.29, 1.82) is 0 Å². The molecule has 0 amide bonds. The van der Waals surface area contributed by atoms with E-state index >= 15 is 0 Å². The van der Waals surface area contributed by atoms with Gasteiger partial charge in [0.2, 0.25) is 0 Å². The summed E-state index contributed by atoms with van der Waals surface area (Å²) in [6.45, 7) is 0.458. The van der Waals surface area contributed by atoms with Gasteiger partial charge in [-0.15, -0.1) is 0 Å². The van der Waals surface area contributed by atoms with Crippen LogP contribution in [-0.4, -0.2) is 30.1 Å². The smallest absolute Gasteiger partial charge is 0.138 e. The molecule has 0 aliphatic heterocycles. The Kier molecular flexibility index (Phi) is 5.55. The summed E-state index contributed by atoms with van der Waals surface area (Å²) in [6.07, 6.45) is 8.81. The third-order valence-corrected chi connectivity index (χ3v) is 6.66. The monoisotopic (exact) mass is 512 g/mol. The second kappa shape index (κ2) is 9.50. The minimum atomic E-state index is -0.274. The standard InChI is InChI=1S/C31H21FN6O/c32-22-8-6-20(7-9-22)26-15-34-16-29-24(26)11-28(36-29)31-25-12-27(35-17-30(25)37-38-31)21-10-23(14-33-13-21)39-18-19-4-2-1-3-5-19/h1-17,36H,18H2,(H,37,38). The second-order valence-corrected chi connectivity index (χ2v) is 9.21. The number of aromatic nitrogens is 6. The largest absolute Gasteiger partial charge is 0.487 e. The molecule has 0 saturated carbocycles. The van der Waals surface area contributed by atoms with Crippen LogP contribution >= 0.6 is 0 Å². The number of pyridine rings is 3. The number of fused-ring (bicyclic) bond motifs is 2. The van der Waals surface area contributed by atoms with Gasteiger partial charge in [0.1, 0.15) is 23.9 Å². The van der Waals surface area contributed by atoms with Crippen molar-refractivity contribution < 1.29 is 9.13 Å². The molecule has 8 heteroatoms. The summed E-state index contributed by atoms with van der Waals surface area (Å²) in [7, 11) is 0. The van der Waals surface area contributed by atoms with Gasteiger partial charge < -0.3 is 9.72 Å². The number of nitrogens with one attached hydrogen (secondary N) is 2. The minimum absolute atomic E-state index is 0.274. The molecule has 0 atom stereocenters. The fourth-order valence-electron chi connectivity index (χ4n) is 4.70. The Morgan fingerprint density at radius 2 is 1.59 bits per heavy atom. The van der Waals surface area contributed by atoms with Crippen LogP contribution in [0.25, 0.3) is 55.6 Å². The molecular weight excluding hydrogens is 491 g/mol. The first kappa shape index (κ1) is 22.8. The van der Waals surface area contributed by atoms with Gasteiger partial charge in [0.15, 0.2) is 0 Å².